The minimum atomic E-state index is -1.66. The largest absolute Gasteiger partial charge is 0.126 e. The van der Waals surface area contributed by atoms with Gasteiger partial charge in [0, 0.05) is 0 Å². The average Bonchev–Trinajstić information content (AvgIpc) is 2.69. The van der Waals surface area contributed by atoms with Gasteiger partial charge in [-0.2, -0.15) is 0 Å². The molecule has 28 heavy (non-hydrogen) atoms. The molecule has 0 radical (unpaired) electrons. The number of rotatable bonds is 6. The van der Waals surface area contributed by atoms with Crippen molar-refractivity contribution in [3.05, 3.63) is 91.0 Å². The van der Waals surface area contributed by atoms with E-state index < -0.39 is 23.2 Å². The normalized spacial score (nSPS) is 13.0. The third-order valence-corrected chi connectivity index (χ3v) is 57.3. The van der Waals surface area contributed by atoms with Gasteiger partial charge < -0.3 is 0 Å². The SMILES string of the molecule is C[Si](C)(c1ccccc1)P([Si](C)(C)c1ccccc1)[Si](C)(C)c1ccccc1. The van der Waals surface area contributed by atoms with E-state index in [0.717, 1.165) is 0 Å². The summed E-state index contributed by atoms with van der Waals surface area (Å²) >= 11 is 0. The molecule has 0 unspecified atom stereocenters. The van der Waals surface area contributed by atoms with Crippen molar-refractivity contribution in [1.82, 2.24) is 0 Å². The van der Waals surface area contributed by atoms with E-state index in [1.54, 1.807) is 15.6 Å². The Balaban J connectivity index is 2.23. The van der Waals surface area contributed by atoms with Crippen LogP contribution in [0, 0.1) is 0 Å². The van der Waals surface area contributed by atoms with Gasteiger partial charge in [0.25, 0.3) is 0 Å². The molecule has 3 aromatic carbocycles. The van der Waals surface area contributed by atoms with Crippen LogP contribution in [0.1, 0.15) is 0 Å². The highest BCUT2D eigenvalue weighted by Gasteiger charge is 2.53. The van der Waals surface area contributed by atoms with Gasteiger partial charge in [0.15, 0.2) is 0 Å². The van der Waals surface area contributed by atoms with Crippen molar-refractivity contribution in [2.75, 3.05) is 0 Å². The molecule has 3 rings (SSSR count). The summed E-state index contributed by atoms with van der Waals surface area (Å²) in [6.45, 7) is 15.8. The predicted octanol–water partition coefficient (Wildman–Crippen LogP) is 5.81. The lowest BCUT2D eigenvalue weighted by molar-refractivity contribution is 1.72. The van der Waals surface area contributed by atoms with Crippen molar-refractivity contribution in [2.24, 2.45) is 0 Å². The maximum absolute atomic E-state index is 2.66. The van der Waals surface area contributed by atoms with Crippen LogP contribution in [-0.4, -0.2) is 23.2 Å². The van der Waals surface area contributed by atoms with Crippen molar-refractivity contribution in [2.45, 2.75) is 39.3 Å². The molecule has 0 aromatic heterocycles. The maximum atomic E-state index is 2.66. The van der Waals surface area contributed by atoms with Crippen LogP contribution < -0.4 is 15.6 Å². The predicted molar refractivity (Wildman–Crippen MR) is 138 cm³/mol. The van der Waals surface area contributed by atoms with Crippen LogP contribution in [0.5, 0.6) is 0 Å². The van der Waals surface area contributed by atoms with Crippen LogP contribution in [0.3, 0.4) is 0 Å². The topological polar surface area (TPSA) is 0 Å². The van der Waals surface area contributed by atoms with Gasteiger partial charge in [-0.25, -0.2) is 0 Å². The standard InChI is InChI=1S/C24H33PSi3/c1-26(2,22-16-10-7-11-17-22)25(27(3,4)23-18-12-8-13-19-23)28(5,6)24-20-14-9-15-21-24/h7-21H,1-6H3. The third kappa shape index (κ3) is 4.04. The molecule has 3 aromatic rings. The second-order valence-electron chi connectivity index (χ2n) is 9.11. The van der Waals surface area contributed by atoms with Crippen LogP contribution in [0.2, 0.25) is 39.3 Å². The van der Waals surface area contributed by atoms with Crippen LogP contribution >= 0.6 is 6.57 Å². The Kier molecular flexibility index (Phi) is 6.31. The summed E-state index contributed by atoms with van der Waals surface area (Å²) in [7, 11) is -4.97. The Morgan fingerprint density at radius 3 is 0.821 bits per heavy atom. The Morgan fingerprint density at radius 2 is 0.607 bits per heavy atom. The van der Waals surface area contributed by atoms with E-state index in [-0.39, 0.29) is 6.57 Å². The summed E-state index contributed by atoms with van der Waals surface area (Å²) in [5.41, 5.74) is 0. The number of benzene rings is 3. The Morgan fingerprint density at radius 1 is 0.393 bits per heavy atom. The molecule has 0 fully saturated rings. The van der Waals surface area contributed by atoms with E-state index in [1.165, 1.54) is 0 Å². The highest BCUT2D eigenvalue weighted by Crippen LogP contribution is 2.60. The fourth-order valence-corrected chi connectivity index (χ4v) is 74.0. The lowest BCUT2D eigenvalue weighted by Crippen LogP contribution is -2.61. The van der Waals surface area contributed by atoms with Crippen LogP contribution in [0.15, 0.2) is 91.0 Å². The first-order chi connectivity index (χ1) is 13.2. The van der Waals surface area contributed by atoms with Crippen molar-refractivity contribution >= 4 is 45.3 Å². The summed E-state index contributed by atoms with van der Waals surface area (Å²) in [4.78, 5) is 0. The molecular weight excluding hydrogens is 403 g/mol. The highest BCUT2D eigenvalue weighted by molar-refractivity contribution is 8.39. The second kappa shape index (κ2) is 8.24. The Hall–Kier alpha value is -1.26. The highest BCUT2D eigenvalue weighted by atomic mass is 31.8. The van der Waals surface area contributed by atoms with E-state index in [1.807, 2.05) is 0 Å². The van der Waals surface area contributed by atoms with Crippen molar-refractivity contribution in [3.63, 3.8) is 0 Å². The van der Waals surface area contributed by atoms with Gasteiger partial charge in [0.2, 0.25) is 0 Å². The number of hydrogen-bond donors (Lipinski definition) is 0. The summed E-state index contributed by atoms with van der Waals surface area (Å²) in [6.07, 6.45) is 0. The molecule has 0 nitrogen and oxygen atoms in total. The molecule has 0 spiro atoms. The summed E-state index contributed by atoms with van der Waals surface area (Å²) < 4.78 is 0. The molecule has 0 aliphatic rings. The first kappa shape index (κ1) is 21.4. The molecule has 0 saturated heterocycles. The monoisotopic (exact) mass is 436 g/mol. The van der Waals surface area contributed by atoms with Crippen LogP contribution in [0.4, 0.5) is 0 Å². The van der Waals surface area contributed by atoms with E-state index >= 15 is 0 Å². The average molecular weight is 437 g/mol. The first-order valence-corrected chi connectivity index (χ1v) is 23.0. The second-order valence-corrected chi connectivity index (χ2v) is 39.0. The lowest BCUT2D eigenvalue weighted by Gasteiger charge is -2.51. The molecule has 0 aliphatic heterocycles. The van der Waals surface area contributed by atoms with Crippen molar-refractivity contribution in [1.29, 1.82) is 0 Å². The van der Waals surface area contributed by atoms with E-state index in [9.17, 15) is 0 Å². The molecule has 0 N–H and O–H groups in total. The molecule has 0 atom stereocenters. The van der Waals surface area contributed by atoms with E-state index in [0.29, 0.717) is 0 Å². The van der Waals surface area contributed by atoms with Gasteiger partial charge >= 0.3 is 0 Å². The van der Waals surface area contributed by atoms with Gasteiger partial charge in [-0.1, -0.05) is 146 Å². The molecule has 4 heteroatoms. The fraction of sp³-hybridized carbons (Fsp3) is 0.250. The molecule has 0 bridgehead atoms. The smallest absolute Gasteiger partial charge is 0.0998 e. The first-order valence-electron chi connectivity index (χ1n) is 10.2. The van der Waals surface area contributed by atoms with Crippen LogP contribution in [-0.2, 0) is 0 Å². The molecule has 0 aliphatic carbocycles. The maximum Gasteiger partial charge on any atom is 0.0998 e. The van der Waals surface area contributed by atoms with E-state index in [2.05, 4.69) is 130 Å². The number of hydrogen-bond acceptors (Lipinski definition) is 0. The van der Waals surface area contributed by atoms with Gasteiger partial charge in [-0.15, -0.1) is 6.57 Å². The molecular formula is C24H33PSi3. The van der Waals surface area contributed by atoms with Crippen molar-refractivity contribution in [3.8, 4) is 0 Å². The Bertz CT molecular complexity index is 768. The summed E-state index contributed by atoms with van der Waals surface area (Å²) in [5, 5.41) is 4.90. The van der Waals surface area contributed by atoms with Gasteiger partial charge in [-0.3, -0.25) is 0 Å². The summed E-state index contributed by atoms with van der Waals surface area (Å²) in [6, 6.07) is 34.4. The quantitative estimate of drug-likeness (QED) is 0.338. The third-order valence-electron chi connectivity index (χ3n) is 6.12. The Labute approximate surface area is 175 Å². The zero-order valence-corrected chi connectivity index (χ0v) is 22.0. The zero-order valence-electron chi connectivity index (χ0n) is 18.1. The molecule has 0 amide bonds. The molecule has 0 heterocycles. The van der Waals surface area contributed by atoms with Gasteiger partial charge in [0.1, 0.15) is 0 Å². The minimum absolute atomic E-state index is 0.103. The summed E-state index contributed by atoms with van der Waals surface area (Å²) in [5.74, 6) is 0. The van der Waals surface area contributed by atoms with E-state index in [4.69, 9.17) is 0 Å². The molecule has 146 valence electrons. The zero-order chi connectivity index (χ0) is 20.4. The fourth-order valence-electron chi connectivity index (χ4n) is 5.02. The van der Waals surface area contributed by atoms with Gasteiger partial charge in [-0.05, 0) is 0 Å². The van der Waals surface area contributed by atoms with Crippen LogP contribution in [0.25, 0.3) is 0 Å². The van der Waals surface area contributed by atoms with Crippen molar-refractivity contribution < 1.29 is 0 Å². The van der Waals surface area contributed by atoms with Gasteiger partial charge in [0.05, 0.1) is 23.2 Å². The minimum Gasteiger partial charge on any atom is -0.126 e. The molecule has 0 saturated carbocycles. The lowest BCUT2D eigenvalue weighted by atomic mass is 10.4.